The third-order valence-corrected chi connectivity index (χ3v) is 3.86. The number of halogens is 1. The van der Waals surface area contributed by atoms with E-state index in [1.807, 2.05) is 30.3 Å². The van der Waals surface area contributed by atoms with Gasteiger partial charge in [-0.15, -0.1) is 0 Å². The first kappa shape index (κ1) is 14.4. The molecule has 0 saturated carbocycles. The van der Waals surface area contributed by atoms with Crippen LogP contribution in [0.2, 0.25) is 0 Å². The second kappa shape index (κ2) is 6.04. The van der Waals surface area contributed by atoms with E-state index in [2.05, 4.69) is 15.9 Å². The fourth-order valence-electron chi connectivity index (χ4n) is 2.11. The summed E-state index contributed by atoms with van der Waals surface area (Å²) in [7, 11) is 0. The highest BCUT2D eigenvalue weighted by atomic mass is 79.9. The molecule has 4 nitrogen and oxygen atoms in total. The molecule has 22 heavy (non-hydrogen) atoms. The van der Waals surface area contributed by atoms with E-state index in [1.54, 1.807) is 24.3 Å². The summed E-state index contributed by atoms with van der Waals surface area (Å²) in [4.78, 5) is 12.3. The molecule has 0 unspecified atom stereocenters. The molecule has 0 spiro atoms. The summed E-state index contributed by atoms with van der Waals surface area (Å²) >= 11 is 3.44. The van der Waals surface area contributed by atoms with E-state index < -0.39 is 0 Å². The van der Waals surface area contributed by atoms with Crippen molar-refractivity contribution in [1.29, 1.82) is 5.26 Å². The minimum Gasteiger partial charge on any atom is -0.479 e. The van der Waals surface area contributed by atoms with Crippen LogP contribution in [0.4, 0.5) is 0 Å². The molecular formula is C17H10BrNO3. The Balaban J connectivity index is 1.91. The second-order valence-corrected chi connectivity index (χ2v) is 5.42. The molecule has 108 valence electrons. The summed E-state index contributed by atoms with van der Waals surface area (Å²) in [5.41, 5.74) is 1.35. The van der Waals surface area contributed by atoms with E-state index in [4.69, 9.17) is 14.7 Å². The van der Waals surface area contributed by atoms with E-state index in [1.165, 1.54) is 0 Å². The van der Waals surface area contributed by atoms with Crippen LogP contribution in [0.1, 0.15) is 15.9 Å². The van der Waals surface area contributed by atoms with Gasteiger partial charge in [0.25, 0.3) is 0 Å². The first-order chi connectivity index (χ1) is 10.7. The van der Waals surface area contributed by atoms with Gasteiger partial charge < -0.3 is 9.47 Å². The predicted molar refractivity (Wildman–Crippen MR) is 84.6 cm³/mol. The van der Waals surface area contributed by atoms with Crippen LogP contribution in [-0.2, 0) is 0 Å². The molecular weight excluding hydrogens is 346 g/mol. The van der Waals surface area contributed by atoms with Crippen LogP contribution < -0.4 is 9.47 Å². The van der Waals surface area contributed by atoms with Crippen molar-refractivity contribution in [3.05, 3.63) is 63.8 Å². The smallest absolute Gasteiger partial charge is 0.231 e. The molecule has 0 aliphatic carbocycles. The molecule has 0 amide bonds. The number of benzene rings is 2. The summed E-state index contributed by atoms with van der Waals surface area (Å²) in [5.74, 6) is 1.03. The number of ether oxygens (including phenoxy) is 2. The number of hydrogen-bond donors (Lipinski definition) is 0. The van der Waals surface area contributed by atoms with Crippen LogP contribution in [0.15, 0.2) is 52.7 Å². The molecule has 0 atom stereocenters. The first-order valence-corrected chi connectivity index (χ1v) is 7.31. The van der Waals surface area contributed by atoms with Gasteiger partial charge in [0.2, 0.25) is 5.78 Å². The van der Waals surface area contributed by atoms with Gasteiger partial charge in [-0.2, -0.15) is 5.26 Å². The molecule has 0 bridgehead atoms. The number of rotatable bonds is 3. The minimum atomic E-state index is -0.169. The van der Waals surface area contributed by atoms with Crippen LogP contribution >= 0.6 is 15.9 Å². The van der Waals surface area contributed by atoms with E-state index in [9.17, 15) is 4.79 Å². The van der Waals surface area contributed by atoms with E-state index >= 15 is 0 Å². The number of fused-ring (bicyclic) bond motifs is 1. The number of allylic oxidation sites excluding steroid dienone is 1. The number of carbonyl (C=O) groups excluding carboxylic acids is 1. The summed E-state index contributed by atoms with van der Waals surface area (Å²) in [6.07, 6.45) is 1.70. The van der Waals surface area contributed by atoms with Gasteiger partial charge in [-0.05, 0) is 29.8 Å². The molecule has 0 aromatic heterocycles. The summed E-state index contributed by atoms with van der Waals surface area (Å²) in [6, 6.07) is 14.4. The van der Waals surface area contributed by atoms with Crippen LogP contribution in [0, 0.1) is 11.3 Å². The molecule has 1 aliphatic heterocycles. The topological polar surface area (TPSA) is 59.3 Å². The minimum absolute atomic E-state index is 0.0492. The molecule has 3 rings (SSSR count). The Kier molecular flexibility index (Phi) is 3.94. The molecule has 1 heterocycles. The quantitative estimate of drug-likeness (QED) is 0.781. The zero-order valence-electron chi connectivity index (χ0n) is 11.4. The summed E-state index contributed by atoms with van der Waals surface area (Å²) < 4.78 is 11.7. The molecule has 1 aliphatic rings. The molecule has 2 aromatic rings. The maximum Gasteiger partial charge on any atom is 0.231 e. The van der Waals surface area contributed by atoms with Gasteiger partial charge in [-0.3, -0.25) is 4.79 Å². The average molecular weight is 356 g/mol. The summed E-state index contributed by atoms with van der Waals surface area (Å²) in [5, 5.41) is 8.52. The highest BCUT2D eigenvalue weighted by Gasteiger charge is 2.27. The number of Topliss-reactive ketones (excluding diaryl/α,β-unsaturated/α-hetero) is 1. The van der Waals surface area contributed by atoms with Gasteiger partial charge in [0.15, 0.2) is 12.4 Å². The zero-order chi connectivity index (χ0) is 15.5. The fraction of sp³-hybridized carbons (Fsp3) is 0.0588. The van der Waals surface area contributed by atoms with E-state index in [-0.39, 0.29) is 18.1 Å². The Morgan fingerprint density at radius 1 is 1.27 bits per heavy atom. The lowest BCUT2D eigenvalue weighted by Gasteiger charge is -2.03. The number of nitriles is 1. The van der Waals surface area contributed by atoms with Gasteiger partial charge in [-0.25, -0.2) is 0 Å². The number of hydrogen-bond acceptors (Lipinski definition) is 4. The molecule has 5 heteroatoms. The Hall–Kier alpha value is -2.58. The molecule has 0 radical (unpaired) electrons. The van der Waals surface area contributed by atoms with Crippen LogP contribution in [0.25, 0.3) is 6.08 Å². The van der Waals surface area contributed by atoms with Gasteiger partial charge in [0.1, 0.15) is 17.6 Å². The Morgan fingerprint density at radius 3 is 2.86 bits per heavy atom. The lowest BCUT2D eigenvalue weighted by Crippen LogP contribution is -1.98. The van der Waals surface area contributed by atoms with Crippen molar-refractivity contribution in [3.8, 4) is 17.6 Å². The predicted octanol–water partition coefficient (Wildman–Crippen LogP) is 3.97. The van der Waals surface area contributed by atoms with Crippen molar-refractivity contribution in [2.24, 2.45) is 0 Å². The molecule has 2 aromatic carbocycles. The lowest BCUT2D eigenvalue weighted by molar-refractivity contribution is 0.101. The molecule has 0 saturated heterocycles. The highest BCUT2D eigenvalue weighted by Crippen LogP contribution is 2.35. The maximum atomic E-state index is 12.3. The normalized spacial score (nSPS) is 14.4. The monoisotopic (exact) mass is 355 g/mol. The fourth-order valence-corrected chi connectivity index (χ4v) is 2.51. The SMILES string of the molecule is N#CCOc1ccc2c(c1)O/C(=C\c1ccccc1Br)C2=O. The van der Waals surface area contributed by atoms with Crippen molar-refractivity contribution in [3.63, 3.8) is 0 Å². The third-order valence-electron chi connectivity index (χ3n) is 3.14. The van der Waals surface area contributed by atoms with Crippen molar-refractivity contribution in [1.82, 2.24) is 0 Å². The Labute approximate surface area is 135 Å². The molecule has 0 N–H and O–H groups in total. The Morgan fingerprint density at radius 2 is 2.09 bits per heavy atom. The van der Waals surface area contributed by atoms with Gasteiger partial charge >= 0.3 is 0 Å². The number of ketones is 1. The average Bonchev–Trinajstić information content (AvgIpc) is 2.83. The number of carbonyl (C=O) groups is 1. The van der Waals surface area contributed by atoms with E-state index in [0.717, 1.165) is 10.0 Å². The van der Waals surface area contributed by atoms with Gasteiger partial charge in [0.05, 0.1) is 5.56 Å². The van der Waals surface area contributed by atoms with Crippen molar-refractivity contribution >= 4 is 27.8 Å². The number of nitrogens with zero attached hydrogens (tertiary/aromatic N) is 1. The Bertz CT molecular complexity index is 821. The summed E-state index contributed by atoms with van der Waals surface area (Å²) in [6.45, 7) is -0.0492. The maximum absolute atomic E-state index is 12.3. The third kappa shape index (κ3) is 2.74. The second-order valence-electron chi connectivity index (χ2n) is 4.57. The molecule has 0 fully saturated rings. The largest absolute Gasteiger partial charge is 0.479 e. The van der Waals surface area contributed by atoms with Crippen molar-refractivity contribution < 1.29 is 14.3 Å². The van der Waals surface area contributed by atoms with Crippen molar-refractivity contribution in [2.45, 2.75) is 0 Å². The van der Waals surface area contributed by atoms with Gasteiger partial charge in [-0.1, -0.05) is 34.1 Å². The lowest BCUT2D eigenvalue weighted by atomic mass is 10.1. The van der Waals surface area contributed by atoms with Crippen LogP contribution in [0.3, 0.4) is 0 Å². The van der Waals surface area contributed by atoms with Crippen LogP contribution in [0.5, 0.6) is 11.5 Å². The first-order valence-electron chi connectivity index (χ1n) is 6.51. The highest BCUT2D eigenvalue weighted by molar-refractivity contribution is 9.10. The van der Waals surface area contributed by atoms with Crippen LogP contribution in [-0.4, -0.2) is 12.4 Å². The standard InChI is InChI=1S/C17H10BrNO3/c18-14-4-2-1-3-11(14)9-16-17(20)13-6-5-12(21-8-7-19)10-15(13)22-16/h1-6,9-10H,8H2/b16-9-. The zero-order valence-corrected chi connectivity index (χ0v) is 13.0. The van der Waals surface area contributed by atoms with E-state index in [0.29, 0.717) is 17.1 Å². The van der Waals surface area contributed by atoms with Gasteiger partial charge in [0, 0.05) is 10.5 Å². The van der Waals surface area contributed by atoms with Crippen molar-refractivity contribution in [2.75, 3.05) is 6.61 Å².